The van der Waals surface area contributed by atoms with Crippen molar-refractivity contribution in [2.24, 2.45) is 0 Å². The molecule has 0 N–H and O–H groups in total. The monoisotopic (exact) mass is 317 g/mol. The second-order valence-electron chi connectivity index (χ2n) is 7.35. The van der Waals surface area contributed by atoms with Gasteiger partial charge in [0.1, 0.15) is 0 Å². The maximum absolute atomic E-state index is 12.9. The van der Waals surface area contributed by atoms with Gasteiger partial charge in [-0.3, -0.25) is 4.79 Å². The first kappa shape index (κ1) is 16.5. The van der Waals surface area contributed by atoms with E-state index in [1.165, 1.54) is 5.56 Å². The Morgan fingerprint density at radius 1 is 1.13 bits per heavy atom. The standard InChI is InChI=1S/C19H27NO3/c1-18(2)15-19(8-11-23-18,16-6-4-3-5-7-16)14-17(21)20-9-12-22-13-10-20/h3-7H,8-15H2,1-2H3/t19-/m0/s1. The van der Waals surface area contributed by atoms with Crippen LogP contribution >= 0.6 is 0 Å². The van der Waals surface area contributed by atoms with Gasteiger partial charge in [-0.05, 0) is 32.3 Å². The van der Waals surface area contributed by atoms with Gasteiger partial charge in [-0.1, -0.05) is 30.3 Å². The van der Waals surface area contributed by atoms with Crippen molar-refractivity contribution in [3.05, 3.63) is 35.9 Å². The average Bonchev–Trinajstić information content (AvgIpc) is 2.55. The average molecular weight is 317 g/mol. The van der Waals surface area contributed by atoms with Crippen molar-refractivity contribution in [2.75, 3.05) is 32.9 Å². The molecule has 0 aliphatic carbocycles. The lowest BCUT2D eigenvalue weighted by molar-refractivity contribution is -0.140. The molecule has 23 heavy (non-hydrogen) atoms. The summed E-state index contributed by atoms with van der Waals surface area (Å²) in [5, 5.41) is 0. The molecule has 4 heteroatoms. The number of ether oxygens (including phenoxy) is 2. The van der Waals surface area contributed by atoms with Gasteiger partial charge >= 0.3 is 0 Å². The van der Waals surface area contributed by atoms with Gasteiger partial charge in [0, 0.05) is 31.5 Å². The lowest BCUT2D eigenvalue weighted by atomic mass is 9.67. The Morgan fingerprint density at radius 3 is 2.48 bits per heavy atom. The van der Waals surface area contributed by atoms with Gasteiger partial charge in [-0.15, -0.1) is 0 Å². The maximum Gasteiger partial charge on any atom is 0.223 e. The highest BCUT2D eigenvalue weighted by Crippen LogP contribution is 2.44. The van der Waals surface area contributed by atoms with Crippen LogP contribution in [0.2, 0.25) is 0 Å². The van der Waals surface area contributed by atoms with Crippen molar-refractivity contribution < 1.29 is 14.3 Å². The number of carbonyl (C=O) groups is 1. The minimum absolute atomic E-state index is 0.127. The van der Waals surface area contributed by atoms with Gasteiger partial charge in [0.15, 0.2) is 0 Å². The van der Waals surface area contributed by atoms with Crippen LogP contribution in [0, 0.1) is 0 Å². The van der Waals surface area contributed by atoms with Crippen molar-refractivity contribution in [2.45, 2.75) is 44.1 Å². The van der Waals surface area contributed by atoms with Crippen molar-refractivity contribution in [1.29, 1.82) is 0 Å². The zero-order valence-corrected chi connectivity index (χ0v) is 14.2. The van der Waals surface area contributed by atoms with Crippen LogP contribution in [-0.4, -0.2) is 49.3 Å². The molecule has 1 aromatic carbocycles. The zero-order chi connectivity index (χ0) is 16.3. The summed E-state index contributed by atoms with van der Waals surface area (Å²) in [4.78, 5) is 14.8. The van der Waals surface area contributed by atoms with E-state index in [0.717, 1.165) is 12.8 Å². The van der Waals surface area contributed by atoms with Crippen LogP contribution in [0.15, 0.2) is 30.3 Å². The largest absolute Gasteiger partial charge is 0.378 e. The fourth-order valence-corrected chi connectivity index (χ4v) is 3.98. The van der Waals surface area contributed by atoms with Gasteiger partial charge < -0.3 is 14.4 Å². The normalized spacial score (nSPS) is 27.7. The molecule has 0 unspecified atom stereocenters. The first-order chi connectivity index (χ1) is 11.0. The molecular formula is C19H27NO3. The summed E-state index contributed by atoms with van der Waals surface area (Å²) in [6, 6.07) is 10.5. The van der Waals surface area contributed by atoms with Crippen molar-refractivity contribution in [3.8, 4) is 0 Å². The molecule has 4 nitrogen and oxygen atoms in total. The predicted molar refractivity (Wildman–Crippen MR) is 89.4 cm³/mol. The number of rotatable bonds is 3. The Kier molecular flexibility index (Phi) is 4.74. The van der Waals surface area contributed by atoms with Crippen LogP contribution in [0.1, 0.15) is 38.7 Å². The number of hydrogen-bond donors (Lipinski definition) is 0. The molecule has 1 amide bonds. The number of hydrogen-bond acceptors (Lipinski definition) is 3. The number of amides is 1. The molecular weight excluding hydrogens is 290 g/mol. The van der Waals surface area contributed by atoms with E-state index < -0.39 is 0 Å². The van der Waals surface area contributed by atoms with Crippen molar-refractivity contribution >= 4 is 5.91 Å². The molecule has 1 atom stereocenters. The molecule has 2 aliphatic rings. The molecule has 3 rings (SSSR count). The predicted octanol–water partition coefficient (Wildman–Crippen LogP) is 2.76. The SMILES string of the molecule is CC1(C)C[C@](CC(=O)N2CCOCC2)(c2ccccc2)CCO1. The quantitative estimate of drug-likeness (QED) is 0.860. The lowest BCUT2D eigenvalue weighted by Gasteiger charge is -2.46. The highest BCUT2D eigenvalue weighted by molar-refractivity contribution is 5.78. The molecule has 0 aromatic heterocycles. The van der Waals surface area contributed by atoms with E-state index in [4.69, 9.17) is 9.47 Å². The molecule has 0 radical (unpaired) electrons. The summed E-state index contributed by atoms with van der Waals surface area (Å²) in [6.45, 7) is 7.69. The third-order valence-electron chi connectivity index (χ3n) is 5.08. The molecule has 0 spiro atoms. The third kappa shape index (κ3) is 3.75. The van der Waals surface area contributed by atoms with E-state index in [1.54, 1.807) is 0 Å². The van der Waals surface area contributed by atoms with Crippen molar-refractivity contribution in [3.63, 3.8) is 0 Å². The van der Waals surface area contributed by atoms with E-state index in [9.17, 15) is 4.79 Å². The Hall–Kier alpha value is -1.39. The minimum atomic E-state index is -0.195. The third-order valence-corrected chi connectivity index (χ3v) is 5.08. The van der Waals surface area contributed by atoms with Crippen LogP contribution in [0.4, 0.5) is 0 Å². The first-order valence-electron chi connectivity index (χ1n) is 8.56. The van der Waals surface area contributed by atoms with Crippen LogP contribution in [0.5, 0.6) is 0 Å². The van der Waals surface area contributed by atoms with Crippen LogP contribution in [-0.2, 0) is 19.7 Å². The summed E-state index contributed by atoms with van der Waals surface area (Å²) in [6.07, 6.45) is 2.33. The minimum Gasteiger partial charge on any atom is -0.378 e. The number of carbonyl (C=O) groups excluding carboxylic acids is 1. The van der Waals surface area contributed by atoms with Crippen LogP contribution in [0.3, 0.4) is 0 Å². The van der Waals surface area contributed by atoms with Crippen LogP contribution < -0.4 is 0 Å². The number of morpholine rings is 1. The second-order valence-corrected chi connectivity index (χ2v) is 7.35. The van der Waals surface area contributed by atoms with Gasteiger partial charge in [0.2, 0.25) is 5.91 Å². The molecule has 0 saturated carbocycles. The summed E-state index contributed by atoms with van der Waals surface area (Å²) >= 11 is 0. The first-order valence-corrected chi connectivity index (χ1v) is 8.56. The molecule has 2 heterocycles. The molecule has 2 aliphatic heterocycles. The topological polar surface area (TPSA) is 38.8 Å². The molecule has 2 saturated heterocycles. The van der Waals surface area contributed by atoms with Crippen LogP contribution in [0.25, 0.3) is 0 Å². The number of nitrogens with zero attached hydrogens (tertiary/aromatic N) is 1. The van der Waals surface area contributed by atoms with E-state index >= 15 is 0 Å². The zero-order valence-electron chi connectivity index (χ0n) is 14.2. The highest BCUT2D eigenvalue weighted by atomic mass is 16.5. The van der Waals surface area contributed by atoms with Gasteiger partial charge in [0.25, 0.3) is 0 Å². The van der Waals surface area contributed by atoms with E-state index in [2.05, 4.69) is 38.1 Å². The van der Waals surface area contributed by atoms with Gasteiger partial charge in [-0.25, -0.2) is 0 Å². The molecule has 2 fully saturated rings. The fourth-order valence-electron chi connectivity index (χ4n) is 3.98. The molecule has 1 aromatic rings. The Balaban J connectivity index is 1.85. The second kappa shape index (κ2) is 6.62. The molecule has 126 valence electrons. The van der Waals surface area contributed by atoms with E-state index in [-0.39, 0.29) is 16.9 Å². The van der Waals surface area contributed by atoms with Gasteiger partial charge in [0.05, 0.1) is 18.8 Å². The van der Waals surface area contributed by atoms with E-state index in [1.807, 2.05) is 11.0 Å². The Labute approximate surface area is 138 Å². The van der Waals surface area contributed by atoms with Crippen molar-refractivity contribution in [1.82, 2.24) is 4.90 Å². The summed E-state index contributed by atoms with van der Waals surface area (Å²) in [5.41, 5.74) is 0.940. The number of benzene rings is 1. The smallest absolute Gasteiger partial charge is 0.223 e. The van der Waals surface area contributed by atoms with Gasteiger partial charge in [-0.2, -0.15) is 0 Å². The molecule has 0 bridgehead atoms. The van der Waals surface area contributed by atoms with E-state index in [0.29, 0.717) is 39.3 Å². The maximum atomic E-state index is 12.9. The summed E-state index contributed by atoms with van der Waals surface area (Å²) in [7, 11) is 0. The summed E-state index contributed by atoms with van der Waals surface area (Å²) in [5.74, 6) is 0.245. The Morgan fingerprint density at radius 2 is 1.83 bits per heavy atom. The summed E-state index contributed by atoms with van der Waals surface area (Å²) < 4.78 is 11.3. The highest BCUT2D eigenvalue weighted by Gasteiger charge is 2.44. The Bertz CT molecular complexity index is 537. The lowest BCUT2D eigenvalue weighted by Crippen LogP contribution is -2.48. The fraction of sp³-hybridized carbons (Fsp3) is 0.632.